The van der Waals surface area contributed by atoms with Gasteiger partial charge in [0.25, 0.3) is 0 Å². The van der Waals surface area contributed by atoms with Crippen molar-refractivity contribution < 1.29 is 8.42 Å². The molecule has 2 aromatic heterocycles. The molecule has 0 amide bonds. The Morgan fingerprint density at radius 3 is 2.94 bits per heavy atom. The molecule has 0 saturated carbocycles. The molecular formula is C10H13N3O2S. The number of rotatable bonds is 3. The van der Waals surface area contributed by atoms with Gasteiger partial charge in [0.05, 0.1) is 18.5 Å². The van der Waals surface area contributed by atoms with Crippen LogP contribution in [0.4, 0.5) is 0 Å². The van der Waals surface area contributed by atoms with Crippen molar-refractivity contribution in [3.05, 3.63) is 35.8 Å². The molecule has 0 spiro atoms. The topological polar surface area (TPSA) is 63.5 Å². The highest BCUT2D eigenvalue weighted by molar-refractivity contribution is 7.88. The van der Waals surface area contributed by atoms with E-state index in [1.54, 1.807) is 0 Å². The zero-order valence-electron chi connectivity index (χ0n) is 9.14. The second-order valence-corrected chi connectivity index (χ2v) is 5.63. The van der Waals surface area contributed by atoms with E-state index < -0.39 is 10.0 Å². The average Bonchev–Trinajstić information content (AvgIpc) is 2.55. The number of nitrogens with zero attached hydrogens (tertiary/aromatic N) is 2. The smallest absolute Gasteiger partial charge is 0.209 e. The number of nitrogens with one attached hydrogen (secondary N) is 1. The fraction of sp³-hybridized carbons (Fsp3) is 0.300. The predicted octanol–water partition coefficient (Wildman–Crippen LogP) is 0.692. The Labute approximate surface area is 94.2 Å². The van der Waals surface area contributed by atoms with Crippen LogP contribution in [0.15, 0.2) is 24.5 Å². The first-order valence-electron chi connectivity index (χ1n) is 4.83. The molecule has 0 fully saturated rings. The number of aryl methyl sites for hydroxylation is 1. The Balaban J connectivity index is 2.26. The normalized spacial score (nSPS) is 12.1. The molecule has 0 unspecified atom stereocenters. The lowest BCUT2D eigenvalue weighted by molar-refractivity contribution is 0.587. The van der Waals surface area contributed by atoms with Crippen molar-refractivity contribution in [1.82, 2.24) is 14.1 Å². The van der Waals surface area contributed by atoms with Gasteiger partial charge < -0.3 is 4.40 Å². The van der Waals surface area contributed by atoms with E-state index in [0.29, 0.717) is 5.69 Å². The quantitative estimate of drug-likeness (QED) is 0.857. The zero-order chi connectivity index (χ0) is 11.8. The van der Waals surface area contributed by atoms with Crippen molar-refractivity contribution in [3.63, 3.8) is 0 Å². The molecule has 0 aliphatic heterocycles. The third-order valence-corrected chi connectivity index (χ3v) is 2.85. The van der Waals surface area contributed by atoms with Crippen LogP contribution in [0.3, 0.4) is 0 Å². The van der Waals surface area contributed by atoms with Crippen LogP contribution in [-0.2, 0) is 16.6 Å². The first-order valence-corrected chi connectivity index (χ1v) is 6.72. The third-order valence-electron chi connectivity index (χ3n) is 2.18. The van der Waals surface area contributed by atoms with E-state index in [1.807, 2.05) is 35.9 Å². The summed E-state index contributed by atoms with van der Waals surface area (Å²) in [5.74, 6) is 0. The van der Waals surface area contributed by atoms with E-state index in [4.69, 9.17) is 0 Å². The van der Waals surface area contributed by atoms with Crippen molar-refractivity contribution >= 4 is 15.7 Å². The van der Waals surface area contributed by atoms with Crippen LogP contribution >= 0.6 is 0 Å². The van der Waals surface area contributed by atoms with Crippen molar-refractivity contribution in [2.24, 2.45) is 0 Å². The minimum atomic E-state index is -3.17. The Bertz CT molecular complexity index is 616. The van der Waals surface area contributed by atoms with Gasteiger partial charge in [0, 0.05) is 12.4 Å². The monoisotopic (exact) mass is 239 g/mol. The van der Waals surface area contributed by atoms with Gasteiger partial charge in [-0.1, -0.05) is 0 Å². The lowest BCUT2D eigenvalue weighted by atomic mass is 10.3. The third kappa shape index (κ3) is 2.59. The molecule has 0 aromatic carbocycles. The summed E-state index contributed by atoms with van der Waals surface area (Å²) in [5, 5.41) is 0. The first-order chi connectivity index (χ1) is 7.44. The second-order valence-electron chi connectivity index (χ2n) is 3.80. The predicted molar refractivity (Wildman–Crippen MR) is 61.6 cm³/mol. The standard InChI is InChI=1S/C10H13N3O2S/c1-8-3-4-13-7-9(12-10(13)5-8)6-11-16(2,14)15/h3-5,7,11H,6H2,1-2H3. The summed E-state index contributed by atoms with van der Waals surface area (Å²) < 4.78 is 26.1. The number of aromatic nitrogens is 2. The van der Waals surface area contributed by atoms with E-state index in [9.17, 15) is 8.42 Å². The zero-order valence-corrected chi connectivity index (χ0v) is 9.95. The molecule has 2 heterocycles. The molecule has 0 bridgehead atoms. The largest absolute Gasteiger partial charge is 0.307 e. The molecule has 0 atom stereocenters. The molecule has 0 aliphatic rings. The second kappa shape index (κ2) is 3.88. The Morgan fingerprint density at radius 1 is 1.50 bits per heavy atom. The van der Waals surface area contributed by atoms with Crippen molar-refractivity contribution in [1.29, 1.82) is 0 Å². The molecule has 5 nitrogen and oxygen atoms in total. The summed E-state index contributed by atoms with van der Waals surface area (Å²) >= 11 is 0. The minimum Gasteiger partial charge on any atom is -0.307 e. The average molecular weight is 239 g/mol. The summed E-state index contributed by atoms with van der Waals surface area (Å²) in [6.07, 6.45) is 4.85. The summed E-state index contributed by atoms with van der Waals surface area (Å²) in [5.41, 5.74) is 2.65. The number of fused-ring (bicyclic) bond motifs is 1. The van der Waals surface area contributed by atoms with Crippen molar-refractivity contribution in [2.75, 3.05) is 6.26 Å². The molecule has 2 aromatic rings. The molecule has 0 aliphatic carbocycles. The van der Waals surface area contributed by atoms with Crippen LogP contribution in [0.1, 0.15) is 11.3 Å². The number of pyridine rings is 1. The van der Waals surface area contributed by atoms with E-state index >= 15 is 0 Å². The van der Waals surface area contributed by atoms with Crippen molar-refractivity contribution in [2.45, 2.75) is 13.5 Å². The molecule has 1 N–H and O–H groups in total. The minimum absolute atomic E-state index is 0.222. The maximum Gasteiger partial charge on any atom is 0.209 e. The number of hydrogen-bond donors (Lipinski definition) is 1. The van der Waals surface area contributed by atoms with Gasteiger partial charge in [-0.25, -0.2) is 18.1 Å². The van der Waals surface area contributed by atoms with Crippen LogP contribution < -0.4 is 4.72 Å². The Kier molecular flexibility index (Phi) is 2.69. The fourth-order valence-corrected chi connectivity index (χ4v) is 1.84. The van der Waals surface area contributed by atoms with Crippen LogP contribution in [0.5, 0.6) is 0 Å². The van der Waals surface area contributed by atoms with Gasteiger partial charge >= 0.3 is 0 Å². The van der Waals surface area contributed by atoms with E-state index in [-0.39, 0.29) is 6.54 Å². The summed E-state index contributed by atoms with van der Waals surface area (Å²) in [6.45, 7) is 2.21. The summed E-state index contributed by atoms with van der Waals surface area (Å²) in [4.78, 5) is 4.31. The van der Waals surface area contributed by atoms with Gasteiger partial charge in [0.1, 0.15) is 5.65 Å². The number of imidazole rings is 1. The maximum atomic E-state index is 10.9. The molecular weight excluding hydrogens is 226 g/mol. The Morgan fingerprint density at radius 2 is 2.25 bits per heavy atom. The number of hydrogen-bond acceptors (Lipinski definition) is 3. The van der Waals surface area contributed by atoms with E-state index in [0.717, 1.165) is 17.5 Å². The summed E-state index contributed by atoms with van der Waals surface area (Å²) in [6, 6.07) is 3.92. The van der Waals surface area contributed by atoms with Gasteiger partial charge in [-0.3, -0.25) is 0 Å². The van der Waals surface area contributed by atoms with Gasteiger partial charge in [-0.15, -0.1) is 0 Å². The Hall–Kier alpha value is -1.40. The maximum absolute atomic E-state index is 10.9. The van der Waals surface area contributed by atoms with Gasteiger partial charge in [0.2, 0.25) is 10.0 Å². The highest BCUT2D eigenvalue weighted by atomic mass is 32.2. The van der Waals surface area contributed by atoms with Gasteiger partial charge in [-0.2, -0.15) is 0 Å². The van der Waals surface area contributed by atoms with E-state index in [1.165, 1.54) is 0 Å². The van der Waals surface area contributed by atoms with Crippen LogP contribution in [0.25, 0.3) is 5.65 Å². The van der Waals surface area contributed by atoms with E-state index in [2.05, 4.69) is 9.71 Å². The first kappa shape index (κ1) is 11.1. The fourth-order valence-electron chi connectivity index (χ4n) is 1.43. The molecule has 6 heteroatoms. The molecule has 0 saturated heterocycles. The van der Waals surface area contributed by atoms with Crippen molar-refractivity contribution in [3.8, 4) is 0 Å². The summed E-state index contributed by atoms with van der Waals surface area (Å²) in [7, 11) is -3.17. The molecule has 16 heavy (non-hydrogen) atoms. The molecule has 2 rings (SSSR count). The van der Waals surface area contributed by atoms with Crippen LogP contribution in [0, 0.1) is 6.92 Å². The highest BCUT2D eigenvalue weighted by Crippen LogP contribution is 2.07. The van der Waals surface area contributed by atoms with Gasteiger partial charge in [0.15, 0.2) is 0 Å². The van der Waals surface area contributed by atoms with Crippen LogP contribution in [-0.4, -0.2) is 24.1 Å². The highest BCUT2D eigenvalue weighted by Gasteiger charge is 2.04. The number of sulfonamides is 1. The SMILES string of the molecule is Cc1ccn2cc(CNS(C)(=O)=O)nc2c1. The van der Waals surface area contributed by atoms with Gasteiger partial charge in [-0.05, 0) is 24.6 Å². The lowest BCUT2D eigenvalue weighted by Crippen LogP contribution is -2.21. The molecule has 0 radical (unpaired) electrons. The molecule has 86 valence electrons. The van der Waals surface area contributed by atoms with Crippen LogP contribution in [0.2, 0.25) is 0 Å². The lowest BCUT2D eigenvalue weighted by Gasteiger charge is -1.96.